The van der Waals surface area contributed by atoms with Crippen molar-refractivity contribution in [2.24, 2.45) is 0 Å². The largest absolute Gasteiger partial charge is 1.00 e. The van der Waals surface area contributed by atoms with Gasteiger partial charge in [0.1, 0.15) is 12.1 Å². The molecule has 0 aliphatic carbocycles. The van der Waals surface area contributed by atoms with Crippen LogP contribution in [-0.2, 0) is 6.54 Å². The zero-order chi connectivity index (χ0) is 16.2. The van der Waals surface area contributed by atoms with Gasteiger partial charge in [-0.15, -0.1) is 0 Å². The minimum Gasteiger partial charge on any atom is -1.00 e. The van der Waals surface area contributed by atoms with Gasteiger partial charge in [-0.25, -0.2) is 4.57 Å². The van der Waals surface area contributed by atoms with E-state index in [1.54, 1.807) is 0 Å². The number of rotatable bonds is 11. The van der Waals surface area contributed by atoms with Crippen molar-refractivity contribution in [3.8, 4) is 0 Å². The van der Waals surface area contributed by atoms with E-state index in [4.69, 9.17) is 0 Å². The minimum atomic E-state index is 0. The molecule has 0 unspecified atom stereocenters. The highest BCUT2D eigenvalue weighted by atomic mass is 127. The summed E-state index contributed by atoms with van der Waals surface area (Å²) in [5.74, 6) is 0.138. The first-order valence-electron chi connectivity index (χ1n) is 9.01. The van der Waals surface area contributed by atoms with Gasteiger partial charge in [-0.05, 0) is 26.3 Å². The fourth-order valence-electron chi connectivity index (χ4n) is 2.73. The third-order valence-corrected chi connectivity index (χ3v) is 4.18. The lowest BCUT2D eigenvalue weighted by molar-refractivity contribution is -0.697. The van der Waals surface area contributed by atoms with Crippen molar-refractivity contribution >= 4 is 5.91 Å². The molecule has 0 fully saturated rings. The zero-order valence-electron chi connectivity index (χ0n) is 15.1. The van der Waals surface area contributed by atoms with E-state index in [-0.39, 0.29) is 29.9 Å². The normalized spacial score (nSPS) is 10.2. The van der Waals surface area contributed by atoms with Crippen LogP contribution < -0.4 is 28.5 Å². The number of aromatic nitrogens is 1. The van der Waals surface area contributed by atoms with Crippen molar-refractivity contribution in [2.45, 2.75) is 72.3 Å². The lowest BCUT2D eigenvalue weighted by Gasteiger charge is -2.17. The standard InChI is InChI=1S/C19H33N2O.HI/c1-4-7-8-9-10-11-12-15-20-16-13-14-18(17-20)19(22)21(5-2)6-3;/h13-14,16-17H,4-12,15H2,1-3H3;1H/q+1;/p-1. The van der Waals surface area contributed by atoms with E-state index in [2.05, 4.69) is 17.7 Å². The van der Waals surface area contributed by atoms with Crippen LogP contribution in [0, 0.1) is 0 Å². The number of unbranched alkanes of at least 4 members (excludes halogenated alkanes) is 6. The summed E-state index contributed by atoms with van der Waals surface area (Å²) in [6.45, 7) is 8.84. The topological polar surface area (TPSA) is 24.2 Å². The van der Waals surface area contributed by atoms with Crippen LogP contribution in [0.2, 0.25) is 0 Å². The summed E-state index contributed by atoms with van der Waals surface area (Å²) in [6.07, 6.45) is 13.3. The Bertz CT molecular complexity index is 433. The summed E-state index contributed by atoms with van der Waals surface area (Å²) in [5.41, 5.74) is 0.800. The summed E-state index contributed by atoms with van der Waals surface area (Å²) in [7, 11) is 0. The fourth-order valence-corrected chi connectivity index (χ4v) is 2.73. The van der Waals surface area contributed by atoms with Crippen molar-refractivity contribution < 1.29 is 33.3 Å². The van der Waals surface area contributed by atoms with Crippen LogP contribution in [-0.4, -0.2) is 23.9 Å². The van der Waals surface area contributed by atoms with Crippen LogP contribution in [0.15, 0.2) is 24.5 Å². The van der Waals surface area contributed by atoms with Crippen molar-refractivity contribution in [3.63, 3.8) is 0 Å². The molecule has 0 saturated carbocycles. The molecule has 132 valence electrons. The van der Waals surface area contributed by atoms with E-state index >= 15 is 0 Å². The highest BCUT2D eigenvalue weighted by molar-refractivity contribution is 5.93. The molecule has 1 heterocycles. The van der Waals surface area contributed by atoms with Gasteiger partial charge < -0.3 is 28.9 Å². The number of hydrogen-bond acceptors (Lipinski definition) is 1. The van der Waals surface area contributed by atoms with Crippen LogP contribution in [0.3, 0.4) is 0 Å². The lowest BCUT2D eigenvalue weighted by atomic mass is 10.1. The highest BCUT2D eigenvalue weighted by Gasteiger charge is 2.15. The van der Waals surface area contributed by atoms with Crippen LogP contribution >= 0.6 is 0 Å². The molecule has 0 aliphatic rings. The van der Waals surface area contributed by atoms with Crippen molar-refractivity contribution in [1.82, 2.24) is 4.90 Å². The quantitative estimate of drug-likeness (QED) is 0.293. The molecule has 0 radical (unpaired) electrons. The summed E-state index contributed by atoms with van der Waals surface area (Å²) in [6, 6.07) is 3.90. The molecule has 1 rings (SSSR count). The van der Waals surface area contributed by atoms with Gasteiger partial charge in [0.25, 0.3) is 5.91 Å². The average Bonchev–Trinajstić information content (AvgIpc) is 2.55. The van der Waals surface area contributed by atoms with Gasteiger partial charge in [-0.3, -0.25) is 4.79 Å². The van der Waals surface area contributed by atoms with Crippen molar-refractivity contribution in [2.75, 3.05) is 13.1 Å². The third-order valence-electron chi connectivity index (χ3n) is 4.18. The van der Waals surface area contributed by atoms with Crippen LogP contribution in [0.4, 0.5) is 0 Å². The summed E-state index contributed by atoms with van der Waals surface area (Å²) in [4.78, 5) is 14.2. The molecule has 0 spiro atoms. The van der Waals surface area contributed by atoms with E-state index < -0.39 is 0 Å². The Morgan fingerprint density at radius 3 is 2.22 bits per heavy atom. The molecular weight excluding hydrogens is 399 g/mol. The first-order chi connectivity index (χ1) is 10.7. The molecule has 1 amide bonds. The number of hydrogen-bond donors (Lipinski definition) is 0. The maximum atomic E-state index is 12.3. The second-order valence-corrected chi connectivity index (χ2v) is 5.93. The Morgan fingerprint density at radius 1 is 1.00 bits per heavy atom. The highest BCUT2D eigenvalue weighted by Crippen LogP contribution is 2.07. The molecule has 0 N–H and O–H groups in total. The predicted molar refractivity (Wildman–Crippen MR) is 91.9 cm³/mol. The first kappa shape index (κ1) is 22.4. The maximum absolute atomic E-state index is 12.3. The van der Waals surface area contributed by atoms with E-state index in [0.29, 0.717) is 0 Å². The molecule has 0 aromatic carbocycles. The van der Waals surface area contributed by atoms with E-state index in [0.717, 1.165) is 25.2 Å². The lowest BCUT2D eigenvalue weighted by Crippen LogP contribution is -3.00. The Balaban J connectivity index is 0.00000484. The summed E-state index contributed by atoms with van der Waals surface area (Å²) >= 11 is 0. The first-order valence-corrected chi connectivity index (χ1v) is 9.01. The fraction of sp³-hybridized carbons (Fsp3) is 0.684. The smallest absolute Gasteiger partial charge is 0.259 e. The molecule has 0 aliphatic heterocycles. The van der Waals surface area contributed by atoms with Gasteiger partial charge in [0.05, 0.1) is 0 Å². The van der Waals surface area contributed by atoms with Crippen molar-refractivity contribution in [3.05, 3.63) is 30.1 Å². The summed E-state index contributed by atoms with van der Waals surface area (Å²) < 4.78 is 2.16. The van der Waals surface area contributed by atoms with Gasteiger partial charge in [0.2, 0.25) is 0 Å². The number of amides is 1. The molecule has 0 saturated heterocycles. The van der Waals surface area contributed by atoms with E-state index in [1.165, 1.54) is 44.9 Å². The monoisotopic (exact) mass is 432 g/mol. The Morgan fingerprint density at radius 2 is 1.61 bits per heavy atom. The molecule has 4 heteroatoms. The molecular formula is C19H33IN2O. The van der Waals surface area contributed by atoms with E-state index in [1.807, 2.05) is 37.1 Å². The molecule has 1 aromatic heterocycles. The second-order valence-electron chi connectivity index (χ2n) is 5.93. The molecule has 23 heavy (non-hydrogen) atoms. The molecule has 0 bridgehead atoms. The zero-order valence-corrected chi connectivity index (χ0v) is 17.2. The molecule has 1 aromatic rings. The Labute approximate surface area is 159 Å². The number of aryl methyl sites for hydroxylation is 1. The average molecular weight is 432 g/mol. The number of carbonyl (C=O) groups excluding carboxylic acids is 1. The molecule has 3 nitrogen and oxygen atoms in total. The van der Waals surface area contributed by atoms with Crippen molar-refractivity contribution in [1.29, 1.82) is 0 Å². The van der Waals surface area contributed by atoms with Gasteiger partial charge >= 0.3 is 0 Å². The van der Waals surface area contributed by atoms with Gasteiger partial charge in [-0.2, -0.15) is 0 Å². The van der Waals surface area contributed by atoms with Gasteiger partial charge in [0.15, 0.2) is 12.4 Å². The van der Waals surface area contributed by atoms with Gasteiger partial charge in [-0.1, -0.05) is 39.0 Å². The van der Waals surface area contributed by atoms with Gasteiger partial charge in [0, 0.05) is 25.6 Å². The van der Waals surface area contributed by atoms with Crippen LogP contribution in [0.5, 0.6) is 0 Å². The van der Waals surface area contributed by atoms with E-state index in [9.17, 15) is 4.79 Å². The van der Waals surface area contributed by atoms with Crippen LogP contribution in [0.1, 0.15) is 76.1 Å². The number of pyridine rings is 1. The predicted octanol–water partition coefficient (Wildman–Crippen LogP) is 1.21. The maximum Gasteiger partial charge on any atom is 0.259 e. The summed E-state index contributed by atoms with van der Waals surface area (Å²) in [5, 5.41) is 0. The minimum absolute atomic E-state index is 0. The number of nitrogens with zero attached hydrogens (tertiary/aromatic N) is 2. The molecule has 0 atom stereocenters. The number of halogens is 1. The Kier molecular flexibility index (Phi) is 13.4. The SMILES string of the molecule is CCCCCCCCC[n+]1cccc(C(=O)N(CC)CC)c1.[I-]. The second kappa shape index (κ2) is 13.8. The number of carbonyl (C=O) groups is 1. The van der Waals surface area contributed by atoms with Crippen LogP contribution in [0.25, 0.3) is 0 Å². The Hall–Kier alpha value is -0.650. The third kappa shape index (κ3) is 8.68.